The molecule has 0 heterocycles. The predicted octanol–water partition coefficient (Wildman–Crippen LogP) is 3.58. The van der Waals surface area contributed by atoms with Crippen molar-refractivity contribution in [1.82, 2.24) is 0 Å². The molecule has 0 amide bonds. The highest BCUT2D eigenvalue weighted by molar-refractivity contribution is 9.10. The standard InChI is InChI=1S/C10H4BrClFN3/c11-7-1-8(12)10(2-9(7)13)16-5-6(3-14)4-15/h1-2,5,16H. The topological polar surface area (TPSA) is 59.6 Å². The Kier molecular flexibility index (Phi) is 4.30. The van der Waals surface area contributed by atoms with Crippen molar-refractivity contribution >= 4 is 33.2 Å². The highest BCUT2D eigenvalue weighted by Crippen LogP contribution is 2.28. The summed E-state index contributed by atoms with van der Waals surface area (Å²) in [6, 6.07) is 5.86. The Morgan fingerprint density at radius 2 is 2.06 bits per heavy atom. The van der Waals surface area contributed by atoms with E-state index in [2.05, 4.69) is 21.2 Å². The SMILES string of the molecule is N#CC(C#N)=CNc1cc(F)c(Br)cc1Cl. The fourth-order valence-electron chi connectivity index (χ4n) is 0.873. The summed E-state index contributed by atoms with van der Waals surface area (Å²) in [7, 11) is 0. The third kappa shape index (κ3) is 2.96. The van der Waals surface area contributed by atoms with E-state index in [9.17, 15) is 4.39 Å². The van der Waals surface area contributed by atoms with Crippen LogP contribution in [0.25, 0.3) is 0 Å². The second kappa shape index (κ2) is 5.50. The summed E-state index contributed by atoms with van der Waals surface area (Å²) < 4.78 is 13.4. The number of nitrogens with zero attached hydrogens (tertiary/aromatic N) is 2. The second-order valence-corrected chi connectivity index (χ2v) is 3.93. The van der Waals surface area contributed by atoms with Crippen LogP contribution in [0, 0.1) is 28.5 Å². The summed E-state index contributed by atoms with van der Waals surface area (Å²) >= 11 is 8.80. The van der Waals surface area contributed by atoms with Gasteiger partial charge in [-0.15, -0.1) is 0 Å². The summed E-state index contributed by atoms with van der Waals surface area (Å²) in [5.41, 5.74) is 0.157. The maximum atomic E-state index is 13.2. The van der Waals surface area contributed by atoms with Crippen LogP contribution in [-0.4, -0.2) is 0 Å². The Hall–Kier alpha value is -1.56. The van der Waals surface area contributed by atoms with Gasteiger partial charge >= 0.3 is 0 Å². The van der Waals surface area contributed by atoms with E-state index >= 15 is 0 Å². The summed E-state index contributed by atoms with van der Waals surface area (Å²) in [5.74, 6) is -0.490. The lowest BCUT2D eigenvalue weighted by Gasteiger charge is -2.04. The van der Waals surface area contributed by atoms with Crippen LogP contribution in [0.2, 0.25) is 5.02 Å². The smallest absolute Gasteiger partial charge is 0.145 e. The van der Waals surface area contributed by atoms with Crippen LogP contribution in [0.4, 0.5) is 10.1 Å². The van der Waals surface area contributed by atoms with Crippen molar-refractivity contribution in [2.45, 2.75) is 0 Å². The minimum absolute atomic E-state index is 0.126. The van der Waals surface area contributed by atoms with Crippen LogP contribution < -0.4 is 5.32 Å². The number of halogens is 3. The fourth-order valence-corrected chi connectivity index (χ4v) is 1.57. The largest absolute Gasteiger partial charge is 0.359 e. The lowest BCUT2D eigenvalue weighted by atomic mass is 10.3. The molecule has 0 atom stereocenters. The van der Waals surface area contributed by atoms with Gasteiger partial charge in [0.25, 0.3) is 0 Å². The van der Waals surface area contributed by atoms with Gasteiger partial charge in [-0.25, -0.2) is 4.39 Å². The van der Waals surface area contributed by atoms with Crippen molar-refractivity contribution in [2.75, 3.05) is 5.32 Å². The number of nitrogens with one attached hydrogen (secondary N) is 1. The van der Waals surface area contributed by atoms with Crippen molar-refractivity contribution in [1.29, 1.82) is 10.5 Å². The maximum absolute atomic E-state index is 13.2. The molecule has 0 spiro atoms. The van der Waals surface area contributed by atoms with E-state index < -0.39 is 5.82 Å². The summed E-state index contributed by atoms with van der Waals surface area (Å²) in [6.07, 6.45) is 1.16. The number of hydrogen-bond acceptors (Lipinski definition) is 3. The zero-order chi connectivity index (χ0) is 12.1. The number of anilines is 1. The van der Waals surface area contributed by atoms with Gasteiger partial charge in [0.15, 0.2) is 0 Å². The molecule has 0 saturated heterocycles. The Bertz CT molecular complexity index is 512. The molecule has 0 saturated carbocycles. The van der Waals surface area contributed by atoms with Crippen molar-refractivity contribution in [3.05, 3.63) is 39.2 Å². The van der Waals surface area contributed by atoms with Gasteiger partial charge in [-0.2, -0.15) is 10.5 Å². The molecule has 1 aromatic rings. The average Bonchev–Trinajstić information content (AvgIpc) is 2.26. The molecular weight excluding hydrogens is 296 g/mol. The second-order valence-electron chi connectivity index (χ2n) is 2.67. The molecule has 6 heteroatoms. The Labute approximate surface area is 105 Å². The van der Waals surface area contributed by atoms with Gasteiger partial charge < -0.3 is 5.32 Å². The van der Waals surface area contributed by atoms with Crippen LogP contribution in [0.3, 0.4) is 0 Å². The zero-order valence-corrected chi connectivity index (χ0v) is 10.1. The Morgan fingerprint density at radius 1 is 1.44 bits per heavy atom. The molecule has 16 heavy (non-hydrogen) atoms. The zero-order valence-electron chi connectivity index (χ0n) is 7.76. The molecule has 0 aliphatic rings. The third-order valence-electron chi connectivity index (χ3n) is 1.62. The summed E-state index contributed by atoms with van der Waals surface area (Å²) in [6.45, 7) is 0. The molecule has 1 rings (SSSR count). The van der Waals surface area contributed by atoms with Gasteiger partial charge in [0.05, 0.1) is 15.2 Å². The first-order chi connectivity index (χ1) is 7.58. The highest BCUT2D eigenvalue weighted by atomic mass is 79.9. The molecule has 0 aromatic heterocycles. The molecule has 80 valence electrons. The fraction of sp³-hybridized carbons (Fsp3) is 0. The minimum Gasteiger partial charge on any atom is -0.359 e. The number of nitriles is 2. The molecular formula is C10H4BrClFN3. The van der Waals surface area contributed by atoms with E-state index in [0.29, 0.717) is 0 Å². The van der Waals surface area contributed by atoms with Crippen molar-refractivity contribution < 1.29 is 4.39 Å². The van der Waals surface area contributed by atoms with Gasteiger partial charge in [-0.05, 0) is 28.1 Å². The Morgan fingerprint density at radius 3 is 2.62 bits per heavy atom. The Balaban J connectivity index is 3.01. The summed E-state index contributed by atoms with van der Waals surface area (Å²) in [5, 5.41) is 19.8. The van der Waals surface area contributed by atoms with Crippen molar-refractivity contribution in [3.8, 4) is 12.1 Å². The normalized spacial score (nSPS) is 8.81. The van der Waals surface area contributed by atoms with Crippen LogP contribution in [-0.2, 0) is 0 Å². The molecule has 0 aliphatic carbocycles. The molecule has 0 bridgehead atoms. The van der Waals surface area contributed by atoms with Crippen LogP contribution >= 0.6 is 27.5 Å². The van der Waals surface area contributed by atoms with E-state index in [1.54, 1.807) is 12.1 Å². The predicted molar refractivity (Wildman–Crippen MR) is 62.0 cm³/mol. The number of benzene rings is 1. The molecule has 0 fully saturated rings. The first-order valence-electron chi connectivity index (χ1n) is 4.00. The monoisotopic (exact) mass is 299 g/mol. The van der Waals surface area contributed by atoms with Crippen molar-refractivity contribution in [2.24, 2.45) is 0 Å². The van der Waals surface area contributed by atoms with Crippen molar-refractivity contribution in [3.63, 3.8) is 0 Å². The first-order valence-corrected chi connectivity index (χ1v) is 5.17. The van der Waals surface area contributed by atoms with Crippen LogP contribution in [0.5, 0.6) is 0 Å². The van der Waals surface area contributed by atoms with Gasteiger partial charge in [0, 0.05) is 6.20 Å². The van der Waals surface area contributed by atoms with Gasteiger partial charge in [0.2, 0.25) is 0 Å². The minimum atomic E-state index is -0.490. The third-order valence-corrected chi connectivity index (χ3v) is 2.54. The van der Waals surface area contributed by atoms with Gasteiger partial charge in [-0.1, -0.05) is 11.6 Å². The van der Waals surface area contributed by atoms with E-state index in [1.807, 2.05) is 0 Å². The van der Waals surface area contributed by atoms with E-state index in [1.165, 1.54) is 6.07 Å². The van der Waals surface area contributed by atoms with E-state index in [0.717, 1.165) is 12.3 Å². The molecule has 0 radical (unpaired) electrons. The molecule has 0 aliphatic heterocycles. The average molecular weight is 301 g/mol. The first kappa shape index (κ1) is 12.5. The van der Waals surface area contributed by atoms with Gasteiger partial charge in [0.1, 0.15) is 23.5 Å². The molecule has 1 aromatic carbocycles. The number of hydrogen-bond donors (Lipinski definition) is 1. The lowest BCUT2D eigenvalue weighted by molar-refractivity contribution is 0.622. The quantitative estimate of drug-likeness (QED) is 0.671. The highest BCUT2D eigenvalue weighted by Gasteiger charge is 2.05. The molecule has 1 N–H and O–H groups in total. The van der Waals surface area contributed by atoms with E-state index in [-0.39, 0.29) is 20.8 Å². The van der Waals surface area contributed by atoms with E-state index in [4.69, 9.17) is 22.1 Å². The lowest BCUT2D eigenvalue weighted by Crippen LogP contribution is -1.92. The summed E-state index contributed by atoms with van der Waals surface area (Å²) in [4.78, 5) is 0. The molecule has 0 unspecified atom stereocenters. The maximum Gasteiger partial charge on any atom is 0.145 e. The van der Waals surface area contributed by atoms with Crippen LogP contribution in [0.15, 0.2) is 28.4 Å². The molecule has 3 nitrogen and oxygen atoms in total. The van der Waals surface area contributed by atoms with Gasteiger partial charge in [-0.3, -0.25) is 0 Å². The van der Waals surface area contributed by atoms with Crippen LogP contribution in [0.1, 0.15) is 0 Å². The number of rotatable bonds is 2. The number of allylic oxidation sites excluding steroid dienone is 1.